The van der Waals surface area contributed by atoms with Crippen LogP contribution in [0.5, 0.6) is 5.75 Å². The van der Waals surface area contributed by atoms with Crippen molar-refractivity contribution < 1.29 is 19.3 Å². The maximum atomic E-state index is 9.87. The van der Waals surface area contributed by atoms with Gasteiger partial charge in [0.05, 0.1) is 13.2 Å². The van der Waals surface area contributed by atoms with Gasteiger partial charge in [0.1, 0.15) is 18.5 Å². The Labute approximate surface area is 119 Å². The fraction of sp³-hybridized carbons (Fsp3) is 0.600. The summed E-state index contributed by atoms with van der Waals surface area (Å²) in [6.45, 7) is 6.02. The summed E-state index contributed by atoms with van der Waals surface area (Å²) in [5.74, 6) is 0.697. The van der Waals surface area contributed by atoms with E-state index < -0.39 is 6.10 Å². The van der Waals surface area contributed by atoms with Gasteiger partial charge >= 0.3 is 0 Å². The lowest BCUT2D eigenvalue weighted by molar-refractivity contribution is -0.0462. The van der Waals surface area contributed by atoms with Crippen molar-refractivity contribution in [1.82, 2.24) is 5.32 Å². The van der Waals surface area contributed by atoms with Crippen LogP contribution in [-0.2, 0) is 9.47 Å². The van der Waals surface area contributed by atoms with E-state index in [9.17, 15) is 5.11 Å². The van der Waals surface area contributed by atoms with E-state index in [1.807, 2.05) is 38.1 Å². The monoisotopic (exact) mass is 281 g/mol. The van der Waals surface area contributed by atoms with Crippen LogP contribution in [0.3, 0.4) is 0 Å². The minimum absolute atomic E-state index is 0.240. The molecule has 1 aromatic carbocycles. The van der Waals surface area contributed by atoms with Crippen molar-refractivity contribution >= 4 is 0 Å². The molecule has 1 aliphatic heterocycles. The molecule has 1 unspecified atom stereocenters. The molecular formula is C15H23NO4. The van der Waals surface area contributed by atoms with Crippen LogP contribution in [-0.4, -0.2) is 43.6 Å². The van der Waals surface area contributed by atoms with E-state index in [1.165, 1.54) is 0 Å². The van der Waals surface area contributed by atoms with Crippen molar-refractivity contribution in [3.05, 3.63) is 29.8 Å². The summed E-state index contributed by atoms with van der Waals surface area (Å²) < 4.78 is 16.7. The molecule has 0 bridgehead atoms. The normalized spacial score (nSPS) is 17.6. The third-order valence-electron chi connectivity index (χ3n) is 2.99. The van der Waals surface area contributed by atoms with Crippen molar-refractivity contribution in [3.63, 3.8) is 0 Å². The average Bonchev–Trinajstić information content (AvgIpc) is 2.97. The largest absolute Gasteiger partial charge is 0.490 e. The Balaban J connectivity index is 1.89. The highest BCUT2D eigenvalue weighted by molar-refractivity contribution is 5.34. The van der Waals surface area contributed by atoms with Gasteiger partial charge in [0.25, 0.3) is 0 Å². The van der Waals surface area contributed by atoms with Crippen LogP contribution in [0.25, 0.3) is 0 Å². The summed E-state index contributed by atoms with van der Waals surface area (Å²) in [5.41, 5.74) is 0.869. The summed E-state index contributed by atoms with van der Waals surface area (Å²) >= 11 is 0. The molecule has 1 aliphatic rings. The summed E-state index contributed by atoms with van der Waals surface area (Å²) in [4.78, 5) is 0. The molecule has 0 aliphatic carbocycles. The number of benzene rings is 1. The van der Waals surface area contributed by atoms with Gasteiger partial charge in [-0.1, -0.05) is 32.0 Å². The molecule has 5 nitrogen and oxygen atoms in total. The number of nitrogens with one attached hydrogen (secondary N) is 1. The molecule has 5 heteroatoms. The maximum Gasteiger partial charge on any atom is 0.187 e. The van der Waals surface area contributed by atoms with Crippen molar-refractivity contribution in [2.45, 2.75) is 32.3 Å². The lowest BCUT2D eigenvalue weighted by Crippen LogP contribution is -2.35. The van der Waals surface area contributed by atoms with Gasteiger partial charge in [0, 0.05) is 18.2 Å². The van der Waals surface area contributed by atoms with E-state index in [2.05, 4.69) is 5.32 Å². The van der Waals surface area contributed by atoms with Gasteiger partial charge in [-0.05, 0) is 6.07 Å². The second-order valence-electron chi connectivity index (χ2n) is 5.14. The Bertz CT molecular complexity index is 405. The first-order valence-electron chi connectivity index (χ1n) is 7.03. The number of para-hydroxylation sites is 1. The molecule has 1 saturated heterocycles. The standard InChI is InChI=1S/C15H23NO4/c1-11(2)16-9-12(17)10-20-14-6-4-3-5-13(14)15-18-7-8-19-15/h3-6,11-12,15-17H,7-10H2,1-2H3. The lowest BCUT2D eigenvalue weighted by atomic mass is 10.2. The number of hydrogen-bond donors (Lipinski definition) is 2. The lowest BCUT2D eigenvalue weighted by Gasteiger charge is -2.18. The SMILES string of the molecule is CC(C)NCC(O)COc1ccccc1C1OCCO1. The highest BCUT2D eigenvalue weighted by atomic mass is 16.7. The molecule has 0 spiro atoms. The molecular weight excluding hydrogens is 258 g/mol. The summed E-state index contributed by atoms with van der Waals surface area (Å²) in [7, 11) is 0. The van der Waals surface area contributed by atoms with Gasteiger partial charge in [-0.3, -0.25) is 0 Å². The molecule has 2 N–H and O–H groups in total. The zero-order valence-electron chi connectivity index (χ0n) is 12.0. The first kappa shape index (κ1) is 15.3. The van der Waals surface area contributed by atoms with E-state index in [-0.39, 0.29) is 12.9 Å². The third kappa shape index (κ3) is 4.45. The minimum Gasteiger partial charge on any atom is -0.490 e. The Morgan fingerprint density at radius 1 is 1.30 bits per heavy atom. The van der Waals surface area contributed by atoms with E-state index in [0.717, 1.165) is 5.56 Å². The average molecular weight is 281 g/mol. The van der Waals surface area contributed by atoms with Crippen molar-refractivity contribution in [1.29, 1.82) is 0 Å². The zero-order valence-corrected chi connectivity index (χ0v) is 12.0. The topological polar surface area (TPSA) is 60.0 Å². The molecule has 1 aromatic rings. The van der Waals surface area contributed by atoms with Crippen LogP contribution in [0.15, 0.2) is 24.3 Å². The van der Waals surface area contributed by atoms with Gasteiger partial charge < -0.3 is 24.6 Å². The smallest absolute Gasteiger partial charge is 0.187 e. The van der Waals surface area contributed by atoms with E-state index in [1.54, 1.807) is 0 Å². The molecule has 0 aromatic heterocycles. The molecule has 2 rings (SSSR count). The molecule has 1 fully saturated rings. The Kier molecular flexibility index (Phi) is 5.79. The summed E-state index contributed by atoms with van der Waals surface area (Å²) in [6.07, 6.45) is -0.909. The molecule has 0 amide bonds. The van der Waals surface area contributed by atoms with Gasteiger partial charge in [0.2, 0.25) is 0 Å². The van der Waals surface area contributed by atoms with Crippen LogP contribution < -0.4 is 10.1 Å². The molecule has 112 valence electrons. The van der Waals surface area contributed by atoms with Gasteiger partial charge in [0.15, 0.2) is 6.29 Å². The Morgan fingerprint density at radius 3 is 2.70 bits per heavy atom. The van der Waals surface area contributed by atoms with E-state index >= 15 is 0 Å². The van der Waals surface area contributed by atoms with E-state index in [4.69, 9.17) is 14.2 Å². The second-order valence-corrected chi connectivity index (χ2v) is 5.14. The quantitative estimate of drug-likeness (QED) is 0.792. The molecule has 0 saturated carbocycles. The predicted octanol–water partition coefficient (Wildman–Crippen LogP) is 1.47. The van der Waals surface area contributed by atoms with Crippen molar-refractivity contribution in [2.24, 2.45) is 0 Å². The maximum absolute atomic E-state index is 9.87. The van der Waals surface area contributed by atoms with Crippen LogP contribution in [0, 0.1) is 0 Å². The second kappa shape index (κ2) is 7.59. The molecule has 0 radical (unpaired) electrons. The number of aliphatic hydroxyl groups excluding tert-OH is 1. The van der Waals surface area contributed by atoms with E-state index in [0.29, 0.717) is 31.5 Å². The number of rotatable bonds is 7. The van der Waals surface area contributed by atoms with Crippen LogP contribution in [0.2, 0.25) is 0 Å². The van der Waals surface area contributed by atoms with Gasteiger partial charge in [-0.2, -0.15) is 0 Å². The van der Waals surface area contributed by atoms with Crippen LogP contribution >= 0.6 is 0 Å². The number of ether oxygens (including phenoxy) is 3. The van der Waals surface area contributed by atoms with Crippen LogP contribution in [0.4, 0.5) is 0 Å². The summed E-state index contributed by atoms with van der Waals surface area (Å²) in [5, 5.41) is 13.0. The Hall–Kier alpha value is -1.14. The minimum atomic E-state index is -0.545. The molecule has 20 heavy (non-hydrogen) atoms. The number of hydrogen-bond acceptors (Lipinski definition) is 5. The third-order valence-corrected chi connectivity index (χ3v) is 2.99. The molecule has 1 atom stereocenters. The van der Waals surface area contributed by atoms with Crippen LogP contribution in [0.1, 0.15) is 25.7 Å². The fourth-order valence-electron chi connectivity index (χ4n) is 1.96. The first-order chi connectivity index (χ1) is 9.66. The van der Waals surface area contributed by atoms with Gasteiger partial charge in [-0.25, -0.2) is 0 Å². The highest BCUT2D eigenvalue weighted by Gasteiger charge is 2.22. The number of aliphatic hydroxyl groups is 1. The van der Waals surface area contributed by atoms with Crippen molar-refractivity contribution in [2.75, 3.05) is 26.4 Å². The predicted molar refractivity (Wildman–Crippen MR) is 75.7 cm³/mol. The molecule has 1 heterocycles. The zero-order chi connectivity index (χ0) is 14.4. The fourth-order valence-corrected chi connectivity index (χ4v) is 1.96. The highest BCUT2D eigenvalue weighted by Crippen LogP contribution is 2.30. The van der Waals surface area contributed by atoms with Crippen molar-refractivity contribution in [3.8, 4) is 5.75 Å². The Morgan fingerprint density at radius 2 is 2.00 bits per heavy atom. The first-order valence-corrected chi connectivity index (χ1v) is 7.03. The summed E-state index contributed by atoms with van der Waals surface area (Å²) in [6, 6.07) is 7.95. The van der Waals surface area contributed by atoms with Gasteiger partial charge in [-0.15, -0.1) is 0 Å².